The first-order chi connectivity index (χ1) is 10.5. The van der Waals surface area contributed by atoms with Crippen LogP contribution in [0.2, 0.25) is 5.02 Å². The molecule has 0 aliphatic carbocycles. The van der Waals surface area contributed by atoms with Crippen molar-refractivity contribution >= 4 is 28.5 Å². The van der Waals surface area contributed by atoms with E-state index in [1.54, 1.807) is 34.9 Å². The predicted octanol–water partition coefficient (Wildman–Crippen LogP) is 3.65. The highest BCUT2D eigenvalue weighted by molar-refractivity contribution is 6.31. The zero-order chi connectivity index (χ0) is 15.9. The molecule has 1 aromatic heterocycles. The van der Waals surface area contributed by atoms with Crippen LogP contribution in [0.15, 0.2) is 53.3 Å². The van der Waals surface area contributed by atoms with E-state index in [0.717, 1.165) is 0 Å². The fourth-order valence-corrected chi connectivity index (χ4v) is 2.75. The van der Waals surface area contributed by atoms with E-state index in [2.05, 4.69) is 0 Å². The monoisotopic (exact) mass is 313 g/mol. The average Bonchev–Trinajstić information content (AvgIpc) is 2.51. The van der Waals surface area contributed by atoms with E-state index in [-0.39, 0.29) is 16.7 Å². The fraction of sp³-hybridized carbons (Fsp3) is 0.0588. The van der Waals surface area contributed by atoms with Gasteiger partial charge in [-0.15, -0.1) is 0 Å². The molecule has 3 aromatic rings. The number of hydrogen-bond acceptors (Lipinski definition) is 2. The number of aromatic nitrogens is 1. The number of hydrogen-bond donors (Lipinski definition) is 1. The number of rotatable bonds is 2. The van der Waals surface area contributed by atoms with Crippen LogP contribution in [0.1, 0.15) is 16.1 Å². The molecule has 0 spiro atoms. The Morgan fingerprint density at radius 2 is 1.82 bits per heavy atom. The van der Waals surface area contributed by atoms with Crippen molar-refractivity contribution < 1.29 is 9.90 Å². The van der Waals surface area contributed by atoms with Gasteiger partial charge in [-0.25, -0.2) is 4.79 Å². The van der Waals surface area contributed by atoms with Crippen LogP contribution in [-0.4, -0.2) is 15.6 Å². The topological polar surface area (TPSA) is 59.3 Å². The molecule has 0 aliphatic rings. The van der Waals surface area contributed by atoms with Crippen molar-refractivity contribution in [3.8, 4) is 5.69 Å². The summed E-state index contributed by atoms with van der Waals surface area (Å²) in [6.45, 7) is 1.53. The van der Waals surface area contributed by atoms with Crippen LogP contribution in [0.25, 0.3) is 16.6 Å². The van der Waals surface area contributed by atoms with Gasteiger partial charge in [-0.2, -0.15) is 0 Å². The minimum absolute atomic E-state index is 0.0500. The third kappa shape index (κ3) is 2.18. The number of halogens is 1. The van der Waals surface area contributed by atoms with Crippen LogP contribution in [0.5, 0.6) is 0 Å². The molecular weight excluding hydrogens is 302 g/mol. The largest absolute Gasteiger partial charge is 0.477 e. The van der Waals surface area contributed by atoms with E-state index in [9.17, 15) is 14.7 Å². The van der Waals surface area contributed by atoms with E-state index in [1.165, 1.54) is 6.92 Å². The molecule has 2 aromatic carbocycles. The van der Waals surface area contributed by atoms with Crippen molar-refractivity contribution in [3.63, 3.8) is 0 Å². The molecule has 3 rings (SSSR count). The maximum absolute atomic E-state index is 12.4. The Labute approximate surface area is 131 Å². The molecule has 1 N–H and O–H groups in total. The summed E-state index contributed by atoms with van der Waals surface area (Å²) < 4.78 is 1.56. The van der Waals surface area contributed by atoms with Crippen LogP contribution < -0.4 is 5.43 Å². The zero-order valence-electron chi connectivity index (χ0n) is 11.7. The Morgan fingerprint density at radius 1 is 1.14 bits per heavy atom. The molecule has 0 unspecified atom stereocenters. The number of fused-ring (bicyclic) bond motifs is 1. The second kappa shape index (κ2) is 5.31. The minimum Gasteiger partial charge on any atom is -0.477 e. The number of benzene rings is 2. The molecule has 110 valence electrons. The summed E-state index contributed by atoms with van der Waals surface area (Å²) in [6.07, 6.45) is 0. The SMILES string of the molecule is Cc1c(C(=O)O)n(-c2ccccc2)c2cc(Cl)ccc2c1=O. The Balaban J connectivity index is 2.59. The molecule has 0 aliphatic heterocycles. The highest BCUT2D eigenvalue weighted by Gasteiger charge is 2.20. The number of carboxylic acids is 1. The highest BCUT2D eigenvalue weighted by atomic mass is 35.5. The quantitative estimate of drug-likeness (QED) is 0.785. The van der Waals surface area contributed by atoms with Crippen molar-refractivity contribution in [2.75, 3.05) is 0 Å². The average molecular weight is 314 g/mol. The maximum atomic E-state index is 12.4. The second-order valence-electron chi connectivity index (χ2n) is 4.94. The molecular formula is C17H12ClNO3. The summed E-state index contributed by atoms with van der Waals surface area (Å²) in [5, 5.41) is 10.5. The normalized spacial score (nSPS) is 10.8. The molecule has 22 heavy (non-hydrogen) atoms. The summed E-state index contributed by atoms with van der Waals surface area (Å²) in [5.74, 6) is -1.15. The number of carbonyl (C=O) groups is 1. The van der Waals surface area contributed by atoms with Gasteiger partial charge >= 0.3 is 5.97 Å². The van der Waals surface area contributed by atoms with Crippen molar-refractivity contribution in [2.24, 2.45) is 0 Å². The maximum Gasteiger partial charge on any atom is 0.353 e. The summed E-state index contributed by atoms with van der Waals surface area (Å²) in [6, 6.07) is 13.9. The third-order valence-electron chi connectivity index (χ3n) is 3.58. The number of aromatic carboxylic acids is 1. The molecule has 0 radical (unpaired) electrons. The van der Waals surface area contributed by atoms with E-state index in [4.69, 9.17) is 11.6 Å². The molecule has 0 saturated carbocycles. The van der Waals surface area contributed by atoms with Crippen LogP contribution in [0.3, 0.4) is 0 Å². The van der Waals surface area contributed by atoms with Gasteiger partial charge in [-0.1, -0.05) is 29.8 Å². The fourth-order valence-electron chi connectivity index (χ4n) is 2.58. The standard InChI is InChI=1S/C17H12ClNO3/c1-10-15(17(21)22)19(12-5-3-2-4-6-12)14-9-11(18)7-8-13(14)16(10)20/h2-9H,1H3,(H,21,22). The van der Waals surface area contributed by atoms with Crippen molar-refractivity contribution in [3.05, 3.63) is 75.0 Å². The van der Waals surface area contributed by atoms with Gasteiger partial charge in [0.25, 0.3) is 0 Å². The minimum atomic E-state index is -1.15. The molecule has 4 nitrogen and oxygen atoms in total. The predicted molar refractivity (Wildman–Crippen MR) is 86.3 cm³/mol. The Hall–Kier alpha value is -2.59. The molecule has 5 heteroatoms. The lowest BCUT2D eigenvalue weighted by atomic mass is 10.1. The van der Waals surface area contributed by atoms with Crippen LogP contribution in [0.4, 0.5) is 0 Å². The summed E-state index contributed by atoms with van der Waals surface area (Å²) in [7, 11) is 0. The first-order valence-electron chi connectivity index (χ1n) is 6.64. The van der Waals surface area contributed by atoms with Crippen molar-refractivity contribution in [1.29, 1.82) is 0 Å². The molecule has 0 atom stereocenters. The van der Waals surface area contributed by atoms with Crippen molar-refractivity contribution in [1.82, 2.24) is 4.57 Å². The molecule has 0 bridgehead atoms. The van der Waals surface area contributed by atoms with Gasteiger partial charge in [-0.3, -0.25) is 4.79 Å². The first kappa shape index (κ1) is 14.4. The molecule has 1 heterocycles. The van der Waals surface area contributed by atoms with Gasteiger partial charge in [0, 0.05) is 21.7 Å². The van der Waals surface area contributed by atoms with Crippen LogP contribution in [-0.2, 0) is 0 Å². The van der Waals surface area contributed by atoms with E-state index >= 15 is 0 Å². The zero-order valence-corrected chi connectivity index (χ0v) is 12.5. The Bertz CT molecular complexity index is 946. The van der Waals surface area contributed by atoms with Gasteiger partial charge in [-0.05, 0) is 37.3 Å². The van der Waals surface area contributed by atoms with E-state index in [1.807, 2.05) is 18.2 Å². The third-order valence-corrected chi connectivity index (χ3v) is 3.82. The van der Waals surface area contributed by atoms with Gasteiger partial charge in [0.05, 0.1) is 5.52 Å². The van der Waals surface area contributed by atoms with E-state index < -0.39 is 5.97 Å². The van der Waals surface area contributed by atoms with E-state index in [0.29, 0.717) is 21.6 Å². The summed E-state index contributed by atoms with van der Waals surface area (Å²) in [4.78, 5) is 24.1. The molecule has 0 saturated heterocycles. The number of para-hydroxylation sites is 1. The highest BCUT2D eigenvalue weighted by Crippen LogP contribution is 2.24. The number of pyridine rings is 1. The summed E-state index contributed by atoms with van der Waals surface area (Å²) in [5.41, 5.74) is 0.996. The van der Waals surface area contributed by atoms with Gasteiger partial charge in [0.2, 0.25) is 0 Å². The van der Waals surface area contributed by atoms with Crippen LogP contribution >= 0.6 is 11.6 Å². The molecule has 0 fully saturated rings. The van der Waals surface area contributed by atoms with Crippen LogP contribution in [0, 0.1) is 6.92 Å². The Morgan fingerprint density at radius 3 is 2.45 bits per heavy atom. The van der Waals surface area contributed by atoms with Crippen molar-refractivity contribution in [2.45, 2.75) is 6.92 Å². The number of carboxylic acid groups (broad SMARTS) is 1. The number of nitrogens with zero attached hydrogens (tertiary/aromatic N) is 1. The van der Waals surface area contributed by atoms with Gasteiger partial charge in [0.1, 0.15) is 5.69 Å². The van der Waals surface area contributed by atoms with Gasteiger partial charge < -0.3 is 9.67 Å². The lowest BCUT2D eigenvalue weighted by Gasteiger charge is -2.17. The van der Waals surface area contributed by atoms with Gasteiger partial charge in [0.15, 0.2) is 5.43 Å². The molecule has 0 amide bonds. The lowest BCUT2D eigenvalue weighted by molar-refractivity contribution is 0.0687. The summed E-state index contributed by atoms with van der Waals surface area (Å²) >= 11 is 6.04. The second-order valence-corrected chi connectivity index (χ2v) is 5.38. The Kier molecular flexibility index (Phi) is 3.47. The first-order valence-corrected chi connectivity index (χ1v) is 7.02. The smallest absolute Gasteiger partial charge is 0.353 e. The lowest BCUT2D eigenvalue weighted by Crippen LogP contribution is -2.21.